The number of benzene rings is 2. The highest BCUT2D eigenvalue weighted by Crippen LogP contribution is 2.25. The molecular formula is C21H29N3O6S2. The molecule has 0 radical (unpaired) electrons. The third-order valence-corrected chi connectivity index (χ3v) is 8.04. The predicted molar refractivity (Wildman–Crippen MR) is 123 cm³/mol. The fraction of sp³-hybridized carbons (Fsp3) is 0.381. The van der Waals surface area contributed by atoms with Gasteiger partial charge < -0.3 is 10.1 Å². The third-order valence-electron chi connectivity index (χ3n) is 4.60. The van der Waals surface area contributed by atoms with Crippen molar-refractivity contribution < 1.29 is 26.4 Å². The summed E-state index contributed by atoms with van der Waals surface area (Å²) in [5.41, 5.74) is 0.275. The normalized spacial score (nSPS) is 12.1. The van der Waals surface area contributed by atoms with Gasteiger partial charge in [0.2, 0.25) is 10.0 Å². The van der Waals surface area contributed by atoms with Gasteiger partial charge in [-0.1, -0.05) is 13.8 Å². The van der Waals surface area contributed by atoms with E-state index in [1.165, 1.54) is 53.9 Å². The van der Waals surface area contributed by atoms with Crippen LogP contribution in [0.1, 0.15) is 38.1 Å². The molecule has 11 heteroatoms. The number of ether oxygens (including phenoxy) is 1. The molecule has 2 aromatic carbocycles. The van der Waals surface area contributed by atoms with Crippen molar-refractivity contribution in [3.63, 3.8) is 0 Å². The van der Waals surface area contributed by atoms with Crippen molar-refractivity contribution in [2.45, 2.75) is 43.5 Å². The average Bonchev–Trinajstić information content (AvgIpc) is 2.73. The minimum atomic E-state index is -4.04. The summed E-state index contributed by atoms with van der Waals surface area (Å²) < 4.78 is 59.8. The molecule has 0 fully saturated rings. The van der Waals surface area contributed by atoms with Gasteiger partial charge in [0.25, 0.3) is 15.9 Å². The molecule has 0 saturated heterocycles. The molecule has 0 heterocycles. The van der Waals surface area contributed by atoms with E-state index in [9.17, 15) is 21.6 Å². The summed E-state index contributed by atoms with van der Waals surface area (Å²) in [5, 5.41) is 2.71. The molecule has 2 aromatic rings. The standard InChI is InChI=1S/C21H29N3O6S2/c1-6-24(7-2)32(28,29)17-10-8-16(9-11-17)23-31(26,27)18-12-13-20(30-5)19(14-18)21(25)22-15(3)4/h8-15,23H,6-7H2,1-5H3,(H,22,25). The van der Waals surface area contributed by atoms with Crippen LogP contribution < -0.4 is 14.8 Å². The fourth-order valence-corrected chi connectivity index (χ4v) is 5.54. The molecule has 0 aliphatic carbocycles. The lowest BCUT2D eigenvalue weighted by atomic mass is 10.2. The zero-order chi connectivity index (χ0) is 24.1. The van der Waals surface area contributed by atoms with Gasteiger partial charge in [-0.05, 0) is 56.3 Å². The van der Waals surface area contributed by atoms with Crippen LogP contribution in [0.25, 0.3) is 0 Å². The van der Waals surface area contributed by atoms with E-state index in [0.717, 1.165) is 0 Å². The van der Waals surface area contributed by atoms with Gasteiger partial charge in [-0.2, -0.15) is 4.31 Å². The van der Waals surface area contributed by atoms with Gasteiger partial charge >= 0.3 is 0 Å². The van der Waals surface area contributed by atoms with Gasteiger partial charge in [-0.3, -0.25) is 9.52 Å². The molecule has 0 unspecified atom stereocenters. The Morgan fingerprint density at radius 1 is 0.969 bits per heavy atom. The smallest absolute Gasteiger partial charge is 0.261 e. The van der Waals surface area contributed by atoms with E-state index in [1.54, 1.807) is 27.7 Å². The quantitative estimate of drug-likeness (QED) is 0.536. The molecule has 0 atom stereocenters. The number of carbonyl (C=O) groups is 1. The molecule has 0 aliphatic heterocycles. The summed E-state index contributed by atoms with van der Waals surface area (Å²) >= 11 is 0. The van der Waals surface area contributed by atoms with Crippen LogP contribution in [0, 0.1) is 0 Å². The number of rotatable bonds is 10. The van der Waals surface area contributed by atoms with Crippen LogP contribution in [0.4, 0.5) is 5.69 Å². The van der Waals surface area contributed by atoms with Crippen LogP contribution >= 0.6 is 0 Å². The maximum absolute atomic E-state index is 12.9. The Labute approximate surface area is 189 Å². The highest BCUT2D eigenvalue weighted by molar-refractivity contribution is 7.92. The number of carbonyl (C=O) groups excluding carboxylic acids is 1. The summed E-state index contributed by atoms with van der Waals surface area (Å²) in [6.07, 6.45) is 0. The number of anilines is 1. The second-order valence-corrected chi connectivity index (χ2v) is 10.8. The third kappa shape index (κ3) is 5.78. The molecule has 1 amide bonds. The van der Waals surface area contributed by atoms with Gasteiger partial charge in [0.05, 0.1) is 22.5 Å². The minimum absolute atomic E-state index is 0.0706. The van der Waals surface area contributed by atoms with Crippen molar-refractivity contribution in [3.05, 3.63) is 48.0 Å². The molecule has 2 N–H and O–H groups in total. The van der Waals surface area contributed by atoms with Gasteiger partial charge in [-0.25, -0.2) is 16.8 Å². The number of sulfonamides is 2. The van der Waals surface area contributed by atoms with E-state index < -0.39 is 26.0 Å². The van der Waals surface area contributed by atoms with Crippen molar-refractivity contribution in [3.8, 4) is 5.75 Å². The Bertz CT molecular complexity index is 1160. The Balaban J connectivity index is 2.33. The van der Waals surface area contributed by atoms with E-state index in [-0.39, 0.29) is 32.8 Å². The van der Waals surface area contributed by atoms with E-state index >= 15 is 0 Å². The molecule has 0 aliphatic rings. The van der Waals surface area contributed by atoms with Crippen molar-refractivity contribution in [2.75, 3.05) is 24.9 Å². The summed E-state index contributed by atoms with van der Waals surface area (Å²) in [7, 11) is -6.30. The van der Waals surface area contributed by atoms with E-state index in [2.05, 4.69) is 10.0 Å². The molecule has 0 saturated carbocycles. The summed E-state index contributed by atoms with van der Waals surface area (Å²) in [6.45, 7) is 7.73. The minimum Gasteiger partial charge on any atom is -0.496 e. The van der Waals surface area contributed by atoms with E-state index in [0.29, 0.717) is 13.1 Å². The second-order valence-electron chi connectivity index (χ2n) is 7.21. The molecule has 32 heavy (non-hydrogen) atoms. The van der Waals surface area contributed by atoms with E-state index in [4.69, 9.17) is 4.74 Å². The first kappa shape index (κ1) is 25.6. The molecule has 176 valence electrons. The molecule has 0 spiro atoms. The van der Waals surface area contributed by atoms with Gasteiger partial charge in [0.15, 0.2) is 0 Å². The van der Waals surface area contributed by atoms with Crippen LogP contribution in [0.5, 0.6) is 5.75 Å². The number of hydrogen-bond donors (Lipinski definition) is 2. The first-order valence-electron chi connectivity index (χ1n) is 10.1. The van der Waals surface area contributed by atoms with Crippen LogP contribution in [0.2, 0.25) is 0 Å². The Morgan fingerprint density at radius 2 is 1.53 bits per heavy atom. The number of hydrogen-bond acceptors (Lipinski definition) is 6. The molecule has 0 aromatic heterocycles. The van der Waals surface area contributed by atoms with Crippen LogP contribution in [0.15, 0.2) is 52.3 Å². The molecule has 0 bridgehead atoms. The Hall–Kier alpha value is -2.63. The van der Waals surface area contributed by atoms with Gasteiger partial charge in [0, 0.05) is 24.8 Å². The number of amides is 1. The topological polar surface area (TPSA) is 122 Å². The van der Waals surface area contributed by atoms with E-state index in [1.807, 2.05) is 0 Å². The largest absolute Gasteiger partial charge is 0.496 e. The van der Waals surface area contributed by atoms with Crippen molar-refractivity contribution in [1.82, 2.24) is 9.62 Å². The first-order valence-corrected chi connectivity index (χ1v) is 13.0. The van der Waals surface area contributed by atoms with Gasteiger partial charge in [0.1, 0.15) is 5.75 Å². The Morgan fingerprint density at radius 3 is 2.03 bits per heavy atom. The highest BCUT2D eigenvalue weighted by atomic mass is 32.2. The van der Waals surface area contributed by atoms with Crippen molar-refractivity contribution >= 4 is 31.6 Å². The lowest BCUT2D eigenvalue weighted by Crippen LogP contribution is -2.30. The van der Waals surface area contributed by atoms with Gasteiger partial charge in [-0.15, -0.1) is 0 Å². The summed E-state index contributed by atoms with van der Waals surface area (Å²) in [5.74, 6) is -0.215. The molecule has 9 nitrogen and oxygen atoms in total. The fourth-order valence-electron chi connectivity index (χ4n) is 2.99. The van der Waals surface area contributed by atoms with Crippen molar-refractivity contribution in [1.29, 1.82) is 0 Å². The average molecular weight is 484 g/mol. The lowest BCUT2D eigenvalue weighted by Gasteiger charge is -2.18. The monoisotopic (exact) mass is 483 g/mol. The zero-order valence-corrected chi connectivity index (χ0v) is 20.4. The first-order chi connectivity index (χ1) is 15.0. The second kappa shape index (κ2) is 10.3. The Kier molecular flexibility index (Phi) is 8.27. The lowest BCUT2D eigenvalue weighted by molar-refractivity contribution is 0.0940. The van der Waals surface area contributed by atoms with Crippen molar-refractivity contribution in [2.24, 2.45) is 0 Å². The summed E-state index contributed by atoms with van der Waals surface area (Å²) in [4.78, 5) is 12.4. The summed E-state index contributed by atoms with van der Waals surface area (Å²) in [6, 6.07) is 9.28. The maximum atomic E-state index is 12.9. The maximum Gasteiger partial charge on any atom is 0.261 e. The SMILES string of the molecule is CCN(CC)S(=O)(=O)c1ccc(NS(=O)(=O)c2ccc(OC)c(C(=O)NC(C)C)c2)cc1. The van der Waals surface area contributed by atoms with Crippen LogP contribution in [-0.2, 0) is 20.0 Å². The number of nitrogens with one attached hydrogen (secondary N) is 2. The number of nitrogens with zero attached hydrogens (tertiary/aromatic N) is 1. The predicted octanol–water partition coefficient (Wildman–Crippen LogP) is 2.66. The highest BCUT2D eigenvalue weighted by Gasteiger charge is 2.23. The molecular weight excluding hydrogens is 454 g/mol. The number of methoxy groups -OCH3 is 1. The zero-order valence-electron chi connectivity index (χ0n) is 18.7. The molecule has 2 rings (SSSR count). The van der Waals surface area contributed by atoms with Crippen LogP contribution in [0.3, 0.4) is 0 Å². The van der Waals surface area contributed by atoms with Crippen LogP contribution in [-0.4, -0.2) is 53.3 Å².